The predicted molar refractivity (Wildman–Crippen MR) is 75.5 cm³/mol. The Morgan fingerprint density at radius 2 is 1.82 bits per heavy atom. The van der Waals surface area contributed by atoms with Gasteiger partial charge in [0, 0.05) is 23.4 Å². The Balaban J connectivity index is 1.86. The van der Waals surface area contributed by atoms with E-state index in [0.29, 0.717) is 0 Å². The summed E-state index contributed by atoms with van der Waals surface area (Å²) in [5.41, 5.74) is 1.55. The van der Waals surface area contributed by atoms with Crippen molar-refractivity contribution in [3.05, 3.63) is 58.3 Å². The highest BCUT2D eigenvalue weighted by Gasteiger charge is 2.20. The van der Waals surface area contributed by atoms with Gasteiger partial charge in [0.25, 0.3) is 0 Å². The van der Waals surface area contributed by atoms with Gasteiger partial charge in [0.15, 0.2) is 0 Å². The highest BCUT2D eigenvalue weighted by atomic mass is 32.1. The molecule has 0 aliphatic heterocycles. The lowest BCUT2D eigenvalue weighted by Gasteiger charge is -2.23. The molecule has 0 atom stereocenters. The Morgan fingerprint density at radius 1 is 1.06 bits per heavy atom. The lowest BCUT2D eigenvalue weighted by Crippen LogP contribution is -2.31. The van der Waals surface area contributed by atoms with Crippen molar-refractivity contribution in [2.24, 2.45) is 0 Å². The molecule has 2 heteroatoms. The molecular formula is C15H19NS. The number of nitrogens with one attached hydrogen (secondary N) is 1. The molecule has 0 bridgehead atoms. The van der Waals surface area contributed by atoms with E-state index in [1.54, 1.807) is 0 Å². The molecule has 90 valence electrons. The third kappa shape index (κ3) is 3.42. The molecule has 17 heavy (non-hydrogen) atoms. The Morgan fingerprint density at radius 3 is 2.47 bits per heavy atom. The highest BCUT2D eigenvalue weighted by molar-refractivity contribution is 7.10. The van der Waals surface area contributed by atoms with Crippen molar-refractivity contribution in [3.63, 3.8) is 0 Å². The van der Waals surface area contributed by atoms with E-state index in [-0.39, 0.29) is 5.41 Å². The first-order valence-corrected chi connectivity index (χ1v) is 6.85. The maximum atomic E-state index is 3.54. The van der Waals surface area contributed by atoms with E-state index in [9.17, 15) is 0 Å². The highest BCUT2D eigenvalue weighted by Crippen LogP contribution is 2.26. The zero-order valence-corrected chi connectivity index (χ0v) is 11.3. The van der Waals surface area contributed by atoms with E-state index in [1.165, 1.54) is 10.4 Å². The van der Waals surface area contributed by atoms with E-state index in [0.717, 1.165) is 13.1 Å². The van der Waals surface area contributed by atoms with Gasteiger partial charge >= 0.3 is 0 Å². The van der Waals surface area contributed by atoms with Crippen molar-refractivity contribution in [3.8, 4) is 0 Å². The van der Waals surface area contributed by atoms with Crippen LogP contribution in [0.4, 0.5) is 0 Å². The van der Waals surface area contributed by atoms with E-state index >= 15 is 0 Å². The summed E-state index contributed by atoms with van der Waals surface area (Å²) in [6.07, 6.45) is 0. The molecule has 0 aliphatic rings. The van der Waals surface area contributed by atoms with Gasteiger partial charge in [-0.3, -0.25) is 0 Å². The molecule has 2 rings (SSSR count). The van der Waals surface area contributed by atoms with Gasteiger partial charge in [-0.05, 0) is 17.0 Å². The minimum absolute atomic E-state index is 0.211. The normalized spacial score (nSPS) is 11.6. The summed E-state index contributed by atoms with van der Waals surface area (Å²) in [5, 5.41) is 5.68. The van der Waals surface area contributed by atoms with Crippen LogP contribution in [-0.4, -0.2) is 6.54 Å². The predicted octanol–water partition coefficient (Wildman–Crippen LogP) is 3.82. The second-order valence-corrected chi connectivity index (χ2v) is 5.90. The molecule has 0 aliphatic carbocycles. The third-order valence-electron chi connectivity index (χ3n) is 2.93. The first-order chi connectivity index (χ1) is 8.18. The van der Waals surface area contributed by atoms with Crippen molar-refractivity contribution in [1.82, 2.24) is 5.32 Å². The van der Waals surface area contributed by atoms with Crippen molar-refractivity contribution in [1.29, 1.82) is 0 Å². The average molecular weight is 245 g/mol. The quantitative estimate of drug-likeness (QED) is 0.844. The zero-order chi connectivity index (χ0) is 12.1. The first-order valence-electron chi connectivity index (χ1n) is 5.97. The lowest BCUT2D eigenvalue weighted by molar-refractivity contribution is 0.477. The number of rotatable bonds is 5. The molecule has 0 fully saturated rings. The molecule has 2 aromatic rings. The molecule has 1 N–H and O–H groups in total. The Bertz CT molecular complexity index is 431. The summed E-state index contributed by atoms with van der Waals surface area (Å²) in [7, 11) is 0. The molecule has 0 radical (unpaired) electrons. The molecule has 0 saturated carbocycles. The van der Waals surface area contributed by atoms with Crippen molar-refractivity contribution in [2.45, 2.75) is 25.8 Å². The van der Waals surface area contributed by atoms with Gasteiger partial charge in [-0.15, -0.1) is 11.3 Å². The second kappa shape index (κ2) is 5.48. The summed E-state index contributed by atoms with van der Waals surface area (Å²) in [6.45, 7) is 6.52. The molecule has 1 aromatic heterocycles. The molecule has 1 nitrogen and oxygen atoms in total. The van der Waals surface area contributed by atoms with Gasteiger partial charge in [-0.1, -0.05) is 50.2 Å². The van der Waals surface area contributed by atoms with E-state index in [1.807, 2.05) is 11.3 Å². The van der Waals surface area contributed by atoms with Gasteiger partial charge in [0.1, 0.15) is 0 Å². The van der Waals surface area contributed by atoms with Gasteiger partial charge in [0.2, 0.25) is 0 Å². The third-order valence-corrected chi connectivity index (χ3v) is 4.16. The SMILES string of the molecule is CC(C)(CNCc1ccccc1)c1cccs1. The molecule has 0 amide bonds. The summed E-state index contributed by atoms with van der Waals surface area (Å²) in [5.74, 6) is 0. The van der Waals surface area contributed by atoms with Crippen molar-refractivity contribution < 1.29 is 0 Å². The van der Waals surface area contributed by atoms with Crippen molar-refractivity contribution >= 4 is 11.3 Å². The Labute approximate surface area is 108 Å². The first kappa shape index (κ1) is 12.3. The summed E-state index contributed by atoms with van der Waals surface area (Å²) >= 11 is 1.84. The van der Waals surface area contributed by atoms with Crippen LogP contribution in [0.3, 0.4) is 0 Å². The fourth-order valence-electron chi connectivity index (χ4n) is 1.87. The minimum Gasteiger partial charge on any atom is -0.312 e. The van der Waals surface area contributed by atoms with E-state index in [4.69, 9.17) is 0 Å². The van der Waals surface area contributed by atoms with Crippen LogP contribution in [0.15, 0.2) is 47.8 Å². The van der Waals surface area contributed by atoms with E-state index < -0.39 is 0 Å². The molecule has 0 unspecified atom stereocenters. The van der Waals surface area contributed by atoms with Crippen LogP contribution >= 0.6 is 11.3 Å². The van der Waals surface area contributed by atoms with Crippen LogP contribution in [0, 0.1) is 0 Å². The monoisotopic (exact) mass is 245 g/mol. The van der Waals surface area contributed by atoms with Crippen LogP contribution < -0.4 is 5.32 Å². The summed E-state index contributed by atoms with van der Waals surface area (Å²) < 4.78 is 0. The van der Waals surface area contributed by atoms with E-state index in [2.05, 4.69) is 67.0 Å². The van der Waals surface area contributed by atoms with Crippen LogP contribution in [0.2, 0.25) is 0 Å². The fourth-order valence-corrected chi connectivity index (χ4v) is 2.72. The Kier molecular flexibility index (Phi) is 3.97. The smallest absolute Gasteiger partial charge is 0.0205 e. The Hall–Kier alpha value is -1.12. The average Bonchev–Trinajstić information content (AvgIpc) is 2.84. The summed E-state index contributed by atoms with van der Waals surface area (Å²) in [6, 6.07) is 14.9. The van der Waals surface area contributed by atoms with Gasteiger partial charge in [0.05, 0.1) is 0 Å². The van der Waals surface area contributed by atoms with Crippen LogP contribution in [0.1, 0.15) is 24.3 Å². The topological polar surface area (TPSA) is 12.0 Å². The summed E-state index contributed by atoms with van der Waals surface area (Å²) in [4.78, 5) is 1.44. The van der Waals surface area contributed by atoms with Crippen LogP contribution in [-0.2, 0) is 12.0 Å². The zero-order valence-electron chi connectivity index (χ0n) is 10.4. The number of hydrogen-bond donors (Lipinski definition) is 1. The molecule has 1 heterocycles. The molecule has 1 aromatic carbocycles. The maximum absolute atomic E-state index is 3.54. The second-order valence-electron chi connectivity index (χ2n) is 4.95. The standard InChI is InChI=1S/C15H19NS/c1-15(2,14-9-6-10-17-14)12-16-11-13-7-4-3-5-8-13/h3-10,16H,11-12H2,1-2H3. The number of thiophene rings is 1. The van der Waals surface area contributed by atoms with Gasteiger partial charge < -0.3 is 5.32 Å². The number of benzene rings is 1. The fraction of sp³-hybridized carbons (Fsp3) is 0.333. The van der Waals surface area contributed by atoms with Crippen LogP contribution in [0.25, 0.3) is 0 Å². The molecule has 0 saturated heterocycles. The lowest BCUT2D eigenvalue weighted by atomic mass is 9.91. The molecule has 0 spiro atoms. The largest absolute Gasteiger partial charge is 0.312 e. The van der Waals surface area contributed by atoms with Gasteiger partial charge in [-0.2, -0.15) is 0 Å². The molecular weight excluding hydrogens is 226 g/mol. The number of hydrogen-bond acceptors (Lipinski definition) is 2. The maximum Gasteiger partial charge on any atom is 0.0205 e. The van der Waals surface area contributed by atoms with Gasteiger partial charge in [-0.25, -0.2) is 0 Å². The minimum atomic E-state index is 0.211. The van der Waals surface area contributed by atoms with Crippen LogP contribution in [0.5, 0.6) is 0 Å². The van der Waals surface area contributed by atoms with Crippen molar-refractivity contribution in [2.75, 3.05) is 6.54 Å².